The average molecular weight is 402 g/mol. The monoisotopic (exact) mass is 402 g/mol. The largest absolute Gasteiger partial charge is 0.339 e. The van der Waals surface area contributed by atoms with Crippen LogP contribution in [0.25, 0.3) is 0 Å². The minimum absolute atomic E-state index is 0.0131. The summed E-state index contributed by atoms with van der Waals surface area (Å²) in [5.41, 5.74) is -0.116. The Morgan fingerprint density at radius 3 is 1.97 bits per heavy atom. The molecule has 8 nitrogen and oxygen atoms in total. The molecule has 1 atom stereocenters. The third-order valence-electron chi connectivity index (χ3n) is 7.92. The van der Waals surface area contributed by atoms with E-state index in [1.165, 1.54) is 19.3 Å². The third kappa shape index (κ3) is 3.40. The number of piperazine rings is 1. The van der Waals surface area contributed by atoms with E-state index in [1.54, 1.807) is 4.90 Å². The van der Waals surface area contributed by atoms with E-state index in [-0.39, 0.29) is 23.7 Å². The maximum Gasteiger partial charge on any atom is 0.322 e. The lowest BCUT2D eigenvalue weighted by Crippen LogP contribution is -2.58. The van der Waals surface area contributed by atoms with Crippen molar-refractivity contribution >= 4 is 23.8 Å². The van der Waals surface area contributed by atoms with Gasteiger partial charge < -0.3 is 15.1 Å². The van der Waals surface area contributed by atoms with E-state index in [0.29, 0.717) is 38.5 Å². The van der Waals surface area contributed by atoms with Crippen LogP contribution in [0.15, 0.2) is 0 Å². The number of nitrogens with one attached hydrogen (secondary N) is 2. The van der Waals surface area contributed by atoms with Crippen LogP contribution in [0.1, 0.15) is 51.4 Å². The molecule has 8 heteroatoms. The summed E-state index contributed by atoms with van der Waals surface area (Å²) in [5.74, 6) is 2.22. The zero-order valence-electron chi connectivity index (χ0n) is 16.8. The molecule has 0 radical (unpaired) electrons. The Hall–Kier alpha value is -2.12. The van der Waals surface area contributed by atoms with Crippen LogP contribution in [-0.4, -0.2) is 65.8 Å². The van der Waals surface area contributed by atoms with Gasteiger partial charge in [-0.15, -0.1) is 0 Å². The van der Waals surface area contributed by atoms with Crippen LogP contribution in [0.5, 0.6) is 0 Å². The second-order valence-electron chi connectivity index (χ2n) is 9.92. The van der Waals surface area contributed by atoms with Crippen molar-refractivity contribution in [2.75, 3.05) is 26.2 Å². The quantitative estimate of drug-likeness (QED) is 0.682. The first kappa shape index (κ1) is 18.9. The molecule has 4 aliphatic carbocycles. The summed E-state index contributed by atoms with van der Waals surface area (Å²) >= 11 is 0. The van der Waals surface area contributed by atoms with E-state index in [4.69, 9.17) is 0 Å². The summed E-state index contributed by atoms with van der Waals surface area (Å²) in [6.07, 6.45) is 7.74. The highest BCUT2D eigenvalue weighted by Gasteiger charge is 2.55. The minimum atomic E-state index is -0.620. The third-order valence-corrected chi connectivity index (χ3v) is 7.92. The first-order chi connectivity index (χ1) is 13.9. The van der Waals surface area contributed by atoms with E-state index in [0.717, 1.165) is 37.0 Å². The van der Waals surface area contributed by atoms with Gasteiger partial charge in [0.2, 0.25) is 11.8 Å². The molecule has 0 aromatic rings. The molecule has 158 valence electrons. The maximum absolute atomic E-state index is 13.4. The number of carbonyl (C=O) groups excluding carboxylic acids is 4. The molecule has 29 heavy (non-hydrogen) atoms. The van der Waals surface area contributed by atoms with Crippen molar-refractivity contribution in [3.8, 4) is 0 Å². The smallest absolute Gasteiger partial charge is 0.322 e. The molecule has 2 heterocycles. The lowest BCUT2D eigenvalue weighted by atomic mass is 9.49. The fourth-order valence-corrected chi connectivity index (χ4v) is 6.96. The molecular weight excluding hydrogens is 372 g/mol. The maximum atomic E-state index is 13.4. The zero-order chi connectivity index (χ0) is 20.2. The van der Waals surface area contributed by atoms with Gasteiger partial charge in [0.15, 0.2) is 0 Å². The van der Waals surface area contributed by atoms with Crippen molar-refractivity contribution < 1.29 is 19.2 Å². The van der Waals surface area contributed by atoms with Crippen molar-refractivity contribution in [3.63, 3.8) is 0 Å². The normalized spacial score (nSPS) is 38.2. The van der Waals surface area contributed by atoms with Crippen molar-refractivity contribution in [1.82, 2.24) is 20.4 Å². The van der Waals surface area contributed by atoms with Gasteiger partial charge in [-0.3, -0.25) is 19.7 Å². The van der Waals surface area contributed by atoms with E-state index in [1.807, 2.05) is 4.90 Å². The Morgan fingerprint density at radius 1 is 0.897 bits per heavy atom. The Labute approximate surface area is 170 Å². The first-order valence-corrected chi connectivity index (χ1v) is 11.1. The van der Waals surface area contributed by atoms with Gasteiger partial charge in [-0.05, 0) is 62.7 Å². The summed E-state index contributed by atoms with van der Waals surface area (Å²) < 4.78 is 0. The van der Waals surface area contributed by atoms with Crippen LogP contribution in [0.2, 0.25) is 0 Å². The van der Waals surface area contributed by atoms with Gasteiger partial charge in [0.05, 0.1) is 5.41 Å². The summed E-state index contributed by atoms with van der Waals surface area (Å²) in [7, 11) is 0. The summed E-state index contributed by atoms with van der Waals surface area (Å²) in [4.78, 5) is 52.5. The number of carbonyl (C=O) groups is 4. The second kappa shape index (κ2) is 6.99. The molecule has 5 amide bonds. The SMILES string of the molecule is O=C1NC(=O)[C@H](CCC(=O)N2CCN(C(=O)C34CC5CC(CC(C5)C3)C4)CC2)N1. The Bertz CT molecular complexity index is 708. The molecule has 6 aliphatic rings. The Balaban J connectivity index is 1.13. The second-order valence-corrected chi connectivity index (χ2v) is 9.92. The number of hydrogen-bond donors (Lipinski definition) is 2. The van der Waals surface area contributed by atoms with Gasteiger partial charge in [-0.1, -0.05) is 0 Å². The standard InChI is InChI=1S/C21H30N4O4/c26-17(2-1-16-18(27)23-20(29)22-16)24-3-5-25(6-4-24)19(28)21-10-13-7-14(11-21)9-15(8-13)12-21/h13-16H,1-12H2,(H2,22,23,27,29)/t13?,14?,15?,16-,21?/m0/s1. The van der Waals surface area contributed by atoms with Crippen LogP contribution in [0.3, 0.4) is 0 Å². The number of hydrogen-bond acceptors (Lipinski definition) is 4. The van der Waals surface area contributed by atoms with Gasteiger partial charge >= 0.3 is 6.03 Å². The van der Waals surface area contributed by atoms with Crippen molar-refractivity contribution in [3.05, 3.63) is 0 Å². The highest BCUT2D eigenvalue weighted by molar-refractivity contribution is 6.04. The van der Waals surface area contributed by atoms with Crippen molar-refractivity contribution in [2.24, 2.45) is 23.2 Å². The lowest BCUT2D eigenvalue weighted by molar-refractivity contribution is -0.160. The van der Waals surface area contributed by atoms with Gasteiger partial charge in [0.1, 0.15) is 6.04 Å². The van der Waals surface area contributed by atoms with Crippen LogP contribution in [-0.2, 0) is 14.4 Å². The van der Waals surface area contributed by atoms with Gasteiger partial charge in [-0.25, -0.2) is 4.79 Å². The predicted octanol–water partition coefficient (Wildman–Crippen LogP) is 0.862. The molecule has 6 rings (SSSR count). The average Bonchev–Trinajstić information content (AvgIpc) is 3.01. The van der Waals surface area contributed by atoms with Crippen LogP contribution in [0, 0.1) is 23.2 Å². The molecule has 6 fully saturated rings. The van der Waals surface area contributed by atoms with Crippen LogP contribution in [0.4, 0.5) is 4.79 Å². The van der Waals surface area contributed by atoms with Crippen LogP contribution >= 0.6 is 0 Å². The molecule has 4 bridgehead atoms. The fourth-order valence-electron chi connectivity index (χ4n) is 6.96. The topological polar surface area (TPSA) is 98.8 Å². The van der Waals surface area contributed by atoms with E-state index >= 15 is 0 Å². The van der Waals surface area contributed by atoms with E-state index in [2.05, 4.69) is 10.6 Å². The molecule has 0 unspecified atom stereocenters. The molecule has 2 saturated heterocycles. The predicted molar refractivity (Wildman–Crippen MR) is 103 cm³/mol. The van der Waals surface area contributed by atoms with Gasteiger partial charge in [0.25, 0.3) is 5.91 Å². The fraction of sp³-hybridized carbons (Fsp3) is 0.810. The number of imide groups is 1. The molecule has 2 aliphatic heterocycles. The highest BCUT2D eigenvalue weighted by atomic mass is 16.2. The molecule has 4 saturated carbocycles. The minimum Gasteiger partial charge on any atom is -0.339 e. The molecule has 0 aromatic carbocycles. The van der Waals surface area contributed by atoms with Crippen molar-refractivity contribution in [1.29, 1.82) is 0 Å². The van der Waals surface area contributed by atoms with Gasteiger partial charge in [0, 0.05) is 32.6 Å². The summed E-state index contributed by atoms with van der Waals surface area (Å²) in [6, 6.07) is -1.12. The Morgan fingerprint density at radius 2 is 1.45 bits per heavy atom. The van der Waals surface area contributed by atoms with Gasteiger partial charge in [-0.2, -0.15) is 0 Å². The molecule has 2 N–H and O–H groups in total. The highest BCUT2D eigenvalue weighted by Crippen LogP contribution is 2.60. The Kier molecular flexibility index (Phi) is 4.55. The van der Waals surface area contributed by atoms with Crippen molar-refractivity contribution in [2.45, 2.75) is 57.4 Å². The van der Waals surface area contributed by atoms with E-state index in [9.17, 15) is 19.2 Å². The number of amides is 5. The number of urea groups is 1. The van der Waals surface area contributed by atoms with E-state index < -0.39 is 12.1 Å². The molecule has 0 aromatic heterocycles. The summed E-state index contributed by atoms with van der Waals surface area (Å²) in [5, 5.41) is 4.71. The van der Waals surface area contributed by atoms with Crippen LogP contribution < -0.4 is 10.6 Å². The molecular formula is C21H30N4O4. The number of nitrogens with zero attached hydrogens (tertiary/aromatic N) is 2. The molecule has 0 spiro atoms. The summed E-state index contributed by atoms with van der Waals surface area (Å²) in [6.45, 7) is 2.32. The lowest BCUT2D eigenvalue weighted by Gasteiger charge is -2.57. The zero-order valence-corrected chi connectivity index (χ0v) is 16.8. The number of rotatable bonds is 4. The first-order valence-electron chi connectivity index (χ1n) is 11.1.